The van der Waals surface area contributed by atoms with Crippen molar-refractivity contribution in [3.8, 4) is 0 Å². The molecule has 2 aliphatic heterocycles. The Balaban J connectivity index is 1.57. The third-order valence-electron chi connectivity index (χ3n) is 6.94. The van der Waals surface area contributed by atoms with Gasteiger partial charge in [0.15, 0.2) is 0 Å². The summed E-state index contributed by atoms with van der Waals surface area (Å²) in [5, 5.41) is 53.9. The number of fused-ring (bicyclic) bond motifs is 2. The molecule has 3 fully saturated rings. The Bertz CT molecular complexity index is 773. The van der Waals surface area contributed by atoms with Crippen LogP contribution in [0.15, 0.2) is 30.3 Å². The van der Waals surface area contributed by atoms with Crippen LogP contribution in [-0.4, -0.2) is 101 Å². The molecule has 7 N–H and O–H groups in total. The molecule has 1 aromatic rings. The average Bonchev–Trinajstić information content (AvgIpc) is 2.75. The second-order valence-corrected chi connectivity index (χ2v) is 9.09. The van der Waals surface area contributed by atoms with Gasteiger partial charge in [-0.25, -0.2) is 0 Å². The lowest BCUT2D eigenvalue weighted by atomic mass is 9.77. The van der Waals surface area contributed by atoms with E-state index < -0.39 is 60.3 Å². The Hall–Kier alpha value is -1.18. The minimum absolute atomic E-state index is 0.0256. The van der Waals surface area contributed by atoms with Crippen LogP contribution < -0.4 is 16.0 Å². The highest BCUT2D eigenvalue weighted by molar-refractivity contribution is 5.15. The molecule has 0 bridgehead atoms. The summed E-state index contributed by atoms with van der Waals surface area (Å²) in [6.07, 6.45) is -5.56. The number of aliphatic hydroxyl groups excluding tert-OH is 2. The predicted molar refractivity (Wildman–Crippen MR) is 114 cm³/mol. The van der Waals surface area contributed by atoms with E-state index in [0.29, 0.717) is 6.54 Å². The number of aliphatic hydroxyl groups is 4. The molecule has 1 aromatic carbocycles. The number of ether oxygens (including phenoxy) is 3. The number of hydrogen-bond donors (Lipinski definition) is 7. The number of likely N-dealkylation sites (N-methyl/N-ethyl adjacent to an activating group) is 2. The van der Waals surface area contributed by atoms with Gasteiger partial charge in [-0.1, -0.05) is 30.3 Å². The van der Waals surface area contributed by atoms with Gasteiger partial charge in [-0.15, -0.1) is 0 Å². The molecule has 3 aliphatic rings. The molecule has 0 spiro atoms. The van der Waals surface area contributed by atoms with Crippen LogP contribution in [0.25, 0.3) is 0 Å². The Morgan fingerprint density at radius 1 is 0.969 bits per heavy atom. The van der Waals surface area contributed by atoms with Crippen molar-refractivity contribution in [2.45, 2.75) is 80.2 Å². The van der Waals surface area contributed by atoms with E-state index in [4.69, 9.17) is 14.2 Å². The first kappa shape index (κ1) is 24.0. The van der Waals surface area contributed by atoms with Crippen molar-refractivity contribution in [1.82, 2.24) is 16.0 Å². The summed E-state index contributed by atoms with van der Waals surface area (Å²) in [5.74, 6) is -2.20. The number of hydrogen-bond acceptors (Lipinski definition) is 10. The van der Waals surface area contributed by atoms with E-state index in [-0.39, 0.29) is 13.0 Å². The molecule has 2 saturated heterocycles. The molecular formula is C22H35N3O7. The molecule has 10 nitrogen and oxygen atoms in total. The summed E-state index contributed by atoms with van der Waals surface area (Å²) in [4.78, 5) is 0. The monoisotopic (exact) mass is 453 g/mol. The van der Waals surface area contributed by atoms with Crippen LogP contribution in [0.1, 0.15) is 18.9 Å². The fourth-order valence-electron chi connectivity index (χ4n) is 5.24. The topological polar surface area (TPSA) is 145 Å². The molecule has 180 valence electrons. The van der Waals surface area contributed by atoms with Crippen molar-refractivity contribution >= 4 is 0 Å². The molecule has 0 amide bonds. The van der Waals surface area contributed by atoms with E-state index in [2.05, 4.69) is 16.0 Å². The zero-order chi connectivity index (χ0) is 23.1. The molecule has 10 atom stereocenters. The first-order chi connectivity index (χ1) is 15.2. The second-order valence-electron chi connectivity index (χ2n) is 9.09. The minimum atomic E-state index is -2.20. The van der Waals surface area contributed by atoms with Crippen LogP contribution in [0.5, 0.6) is 0 Å². The quantitative estimate of drug-likeness (QED) is 0.259. The van der Waals surface area contributed by atoms with Gasteiger partial charge in [0.25, 0.3) is 0 Å². The first-order valence-corrected chi connectivity index (χ1v) is 11.1. The van der Waals surface area contributed by atoms with Crippen molar-refractivity contribution in [3.05, 3.63) is 35.9 Å². The minimum Gasteiger partial charge on any atom is -0.390 e. The largest absolute Gasteiger partial charge is 0.390 e. The van der Waals surface area contributed by atoms with Crippen molar-refractivity contribution in [3.63, 3.8) is 0 Å². The zero-order valence-corrected chi connectivity index (χ0v) is 18.6. The molecule has 2 heterocycles. The Labute approximate surface area is 187 Å². The van der Waals surface area contributed by atoms with Crippen LogP contribution >= 0.6 is 0 Å². The summed E-state index contributed by atoms with van der Waals surface area (Å²) < 4.78 is 17.9. The predicted octanol–water partition coefficient (Wildman–Crippen LogP) is -1.97. The number of rotatable bonds is 6. The molecule has 0 aromatic heterocycles. The Morgan fingerprint density at radius 3 is 2.31 bits per heavy atom. The number of nitrogens with one attached hydrogen (secondary N) is 3. The molecule has 4 rings (SSSR count). The van der Waals surface area contributed by atoms with Gasteiger partial charge >= 0.3 is 0 Å². The standard InChI is InChI=1S/C22H35N3O7/c1-12-9-21(28,11-25-10-13-7-5-4-6-8-13)22(29)20(30-12)31-19-17(27)14(23-2)16(26)15(24-3)18(19)32-22/h4-8,12,14-20,23-29H,9-11H2,1-3H3/t12-,14-,15+,16+,17+,18-,19?,20+,21-,22-/m1/s1. The van der Waals surface area contributed by atoms with Gasteiger partial charge in [0.1, 0.15) is 23.9 Å². The van der Waals surface area contributed by atoms with Crippen LogP contribution in [0.2, 0.25) is 0 Å². The highest BCUT2D eigenvalue weighted by Crippen LogP contribution is 2.46. The van der Waals surface area contributed by atoms with E-state index in [1.807, 2.05) is 30.3 Å². The van der Waals surface area contributed by atoms with E-state index in [9.17, 15) is 20.4 Å². The third kappa shape index (κ3) is 3.98. The molecule has 32 heavy (non-hydrogen) atoms. The van der Waals surface area contributed by atoms with E-state index in [1.54, 1.807) is 21.0 Å². The van der Waals surface area contributed by atoms with Gasteiger partial charge in [-0.3, -0.25) is 0 Å². The van der Waals surface area contributed by atoms with Gasteiger partial charge in [0.2, 0.25) is 12.1 Å². The fraction of sp³-hybridized carbons (Fsp3) is 0.727. The highest BCUT2D eigenvalue weighted by atomic mass is 16.8. The lowest BCUT2D eigenvalue weighted by Gasteiger charge is -2.60. The molecule has 1 aliphatic carbocycles. The van der Waals surface area contributed by atoms with Crippen molar-refractivity contribution in [2.75, 3.05) is 20.6 Å². The van der Waals surface area contributed by atoms with Gasteiger partial charge in [0.05, 0.1) is 24.3 Å². The third-order valence-corrected chi connectivity index (χ3v) is 6.94. The summed E-state index contributed by atoms with van der Waals surface area (Å²) >= 11 is 0. The summed E-state index contributed by atoms with van der Waals surface area (Å²) in [6, 6.07) is 8.39. The lowest BCUT2D eigenvalue weighted by Crippen LogP contribution is -2.81. The highest BCUT2D eigenvalue weighted by Gasteiger charge is 2.68. The average molecular weight is 454 g/mol. The molecule has 10 heteroatoms. The van der Waals surface area contributed by atoms with Gasteiger partial charge < -0.3 is 50.6 Å². The maximum atomic E-state index is 11.6. The molecular weight excluding hydrogens is 418 g/mol. The maximum Gasteiger partial charge on any atom is 0.249 e. The SMILES string of the molecule is CN[C@@H]1[C@H](O)[C@H](NC)[C@H]2O[C@]3(O)[C@H](OC2[C@H]1O)O[C@H](C)C[C@@]3(O)CNCc1ccccc1. The lowest BCUT2D eigenvalue weighted by molar-refractivity contribution is -0.482. The maximum absolute atomic E-state index is 11.6. The van der Waals surface area contributed by atoms with Crippen molar-refractivity contribution in [1.29, 1.82) is 0 Å². The Morgan fingerprint density at radius 2 is 1.66 bits per heavy atom. The first-order valence-electron chi connectivity index (χ1n) is 11.1. The zero-order valence-electron chi connectivity index (χ0n) is 18.6. The second kappa shape index (κ2) is 9.22. The summed E-state index contributed by atoms with van der Waals surface area (Å²) in [5.41, 5.74) is -0.698. The fourth-order valence-corrected chi connectivity index (χ4v) is 5.24. The van der Waals surface area contributed by atoms with Gasteiger partial charge in [0, 0.05) is 19.5 Å². The summed E-state index contributed by atoms with van der Waals surface area (Å²) in [6.45, 7) is 2.30. The van der Waals surface area contributed by atoms with E-state index >= 15 is 0 Å². The van der Waals surface area contributed by atoms with Crippen LogP contribution in [0.4, 0.5) is 0 Å². The van der Waals surface area contributed by atoms with Crippen molar-refractivity contribution in [2.24, 2.45) is 0 Å². The molecule has 0 radical (unpaired) electrons. The Kier molecular flexibility index (Phi) is 6.91. The van der Waals surface area contributed by atoms with Gasteiger partial charge in [-0.2, -0.15) is 0 Å². The van der Waals surface area contributed by atoms with E-state index in [1.165, 1.54) is 0 Å². The van der Waals surface area contributed by atoms with Gasteiger partial charge in [-0.05, 0) is 26.6 Å². The van der Waals surface area contributed by atoms with E-state index in [0.717, 1.165) is 5.56 Å². The van der Waals surface area contributed by atoms with Crippen LogP contribution in [0.3, 0.4) is 0 Å². The molecule has 1 saturated carbocycles. The normalized spacial score (nSPS) is 46.3. The van der Waals surface area contributed by atoms with Crippen LogP contribution in [0, 0.1) is 0 Å². The van der Waals surface area contributed by atoms with Crippen molar-refractivity contribution < 1.29 is 34.6 Å². The smallest absolute Gasteiger partial charge is 0.249 e. The van der Waals surface area contributed by atoms with Crippen LogP contribution in [-0.2, 0) is 20.8 Å². The summed E-state index contributed by atoms with van der Waals surface area (Å²) in [7, 11) is 3.29. The number of benzene rings is 1. The molecule has 1 unspecified atom stereocenters.